The lowest BCUT2D eigenvalue weighted by Gasteiger charge is -2.52. The highest BCUT2D eigenvalue weighted by Crippen LogP contribution is 2.44. The zero-order valence-corrected chi connectivity index (χ0v) is 10.2. The van der Waals surface area contributed by atoms with E-state index in [1.54, 1.807) is 0 Å². The summed E-state index contributed by atoms with van der Waals surface area (Å²) in [4.78, 5) is 0. The molecular weight excluding hydrogens is 192 g/mol. The van der Waals surface area contributed by atoms with Gasteiger partial charge in [-0.05, 0) is 12.8 Å². The van der Waals surface area contributed by atoms with E-state index in [4.69, 9.17) is 14.2 Å². The van der Waals surface area contributed by atoms with Crippen molar-refractivity contribution < 1.29 is 14.2 Å². The van der Waals surface area contributed by atoms with Gasteiger partial charge in [0.2, 0.25) is 0 Å². The first kappa shape index (κ1) is 11.4. The van der Waals surface area contributed by atoms with Gasteiger partial charge >= 0.3 is 0 Å². The third-order valence-electron chi connectivity index (χ3n) is 4.13. The molecule has 2 fully saturated rings. The molecule has 2 aliphatic rings. The van der Waals surface area contributed by atoms with E-state index in [-0.39, 0.29) is 23.4 Å². The van der Waals surface area contributed by atoms with Crippen LogP contribution in [0.1, 0.15) is 40.5 Å². The summed E-state index contributed by atoms with van der Waals surface area (Å²) in [5.74, 6) is 0. The van der Waals surface area contributed by atoms with Crippen LogP contribution >= 0.6 is 0 Å². The maximum Gasteiger partial charge on any atom is 0.168 e. The van der Waals surface area contributed by atoms with Crippen LogP contribution in [0.5, 0.6) is 0 Å². The molecule has 0 aromatic heterocycles. The highest BCUT2D eigenvalue weighted by molar-refractivity contribution is 4.89. The summed E-state index contributed by atoms with van der Waals surface area (Å²) in [6.45, 7) is 10.4. The molecule has 2 saturated heterocycles. The molecule has 2 heterocycles. The predicted molar refractivity (Wildman–Crippen MR) is 57.4 cm³/mol. The Morgan fingerprint density at radius 2 is 1.40 bits per heavy atom. The van der Waals surface area contributed by atoms with Crippen LogP contribution in [0.2, 0.25) is 0 Å². The van der Waals surface area contributed by atoms with Crippen LogP contribution in [-0.2, 0) is 14.2 Å². The molecule has 3 nitrogen and oxygen atoms in total. The van der Waals surface area contributed by atoms with Crippen LogP contribution in [-0.4, -0.2) is 25.8 Å². The Kier molecular flexibility index (Phi) is 2.82. The summed E-state index contributed by atoms with van der Waals surface area (Å²) in [7, 11) is 0. The Bertz CT molecular complexity index is 211. The zero-order valence-electron chi connectivity index (χ0n) is 10.2. The van der Waals surface area contributed by atoms with Crippen molar-refractivity contribution in [1.29, 1.82) is 0 Å². The average Bonchev–Trinajstić information content (AvgIpc) is 2.24. The smallest absolute Gasteiger partial charge is 0.168 e. The third-order valence-corrected chi connectivity index (χ3v) is 4.13. The molecule has 3 heteroatoms. The second kappa shape index (κ2) is 3.72. The van der Waals surface area contributed by atoms with Crippen molar-refractivity contribution >= 4 is 0 Å². The summed E-state index contributed by atoms with van der Waals surface area (Å²) in [6.07, 6.45) is 2.04. The molecule has 0 bridgehead atoms. The van der Waals surface area contributed by atoms with Gasteiger partial charge in [0, 0.05) is 10.8 Å². The summed E-state index contributed by atoms with van der Waals surface area (Å²) >= 11 is 0. The zero-order chi connectivity index (χ0) is 11.1. The van der Waals surface area contributed by atoms with Crippen LogP contribution in [0.3, 0.4) is 0 Å². The highest BCUT2D eigenvalue weighted by Gasteiger charge is 2.51. The van der Waals surface area contributed by atoms with Crippen LogP contribution in [0.4, 0.5) is 0 Å². The maximum absolute atomic E-state index is 5.89. The first-order valence-corrected chi connectivity index (χ1v) is 5.93. The molecule has 2 aliphatic heterocycles. The van der Waals surface area contributed by atoms with E-state index in [1.807, 2.05) is 0 Å². The molecule has 0 saturated carbocycles. The predicted octanol–water partition coefficient (Wildman–Crippen LogP) is 2.55. The van der Waals surface area contributed by atoms with Gasteiger partial charge in [-0.15, -0.1) is 0 Å². The summed E-state index contributed by atoms with van der Waals surface area (Å²) < 4.78 is 16.8. The van der Waals surface area contributed by atoms with Gasteiger partial charge < -0.3 is 14.2 Å². The SMILES string of the molecule is CCC1(C)COC1OC1OCC1(C)CC. The minimum absolute atomic E-state index is 0.0707. The van der Waals surface area contributed by atoms with Gasteiger partial charge in [-0.2, -0.15) is 0 Å². The monoisotopic (exact) mass is 214 g/mol. The molecule has 0 N–H and O–H groups in total. The fourth-order valence-corrected chi connectivity index (χ4v) is 1.93. The molecule has 0 aromatic carbocycles. The lowest BCUT2D eigenvalue weighted by atomic mass is 9.81. The van der Waals surface area contributed by atoms with Gasteiger partial charge in [-0.25, -0.2) is 0 Å². The summed E-state index contributed by atoms with van der Waals surface area (Å²) in [6, 6.07) is 0. The topological polar surface area (TPSA) is 27.7 Å². The van der Waals surface area contributed by atoms with Crippen molar-refractivity contribution in [2.24, 2.45) is 10.8 Å². The van der Waals surface area contributed by atoms with E-state index in [2.05, 4.69) is 27.7 Å². The van der Waals surface area contributed by atoms with E-state index in [0.29, 0.717) is 0 Å². The third kappa shape index (κ3) is 1.71. The number of hydrogen-bond donors (Lipinski definition) is 0. The van der Waals surface area contributed by atoms with Crippen LogP contribution in [0.15, 0.2) is 0 Å². The number of ether oxygens (including phenoxy) is 3. The molecule has 88 valence electrons. The molecule has 0 aliphatic carbocycles. The van der Waals surface area contributed by atoms with E-state index < -0.39 is 0 Å². The summed E-state index contributed by atoms with van der Waals surface area (Å²) in [5.41, 5.74) is 0.376. The van der Waals surface area contributed by atoms with Crippen LogP contribution in [0.25, 0.3) is 0 Å². The Labute approximate surface area is 92.1 Å². The van der Waals surface area contributed by atoms with Gasteiger partial charge in [0.1, 0.15) is 0 Å². The van der Waals surface area contributed by atoms with Crippen molar-refractivity contribution in [3.63, 3.8) is 0 Å². The normalized spacial score (nSPS) is 49.6. The first-order chi connectivity index (χ1) is 7.04. The Morgan fingerprint density at radius 3 is 1.60 bits per heavy atom. The standard InChI is InChI=1S/C12H22O3/c1-5-11(3)7-13-9(11)15-10-12(4,6-2)8-14-10/h9-10H,5-8H2,1-4H3. The molecule has 2 rings (SSSR count). The van der Waals surface area contributed by atoms with Gasteiger partial charge in [-0.3, -0.25) is 0 Å². The summed E-state index contributed by atoms with van der Waals surface area (Å²) in [5, 5.41) is 0. The molecule has 0 spiro atoms. The van der Waals surface area contributed by atoms with Crippen molar-refractivity contribution in [2.75, 3.05) is 13.2 Å². The minimum Gasteiger partial charge on any atom is -0.351 e. The fraction of sp³-hybridized carbons (Fsp3) is 1.00. The number of hydrogen-bond acceptors (Lipinski definition) is 3. The lowest BCUT2D eigenvalue weighted by Crippen LogP contribution is -2.59. The molecule has 0 radical (unpaired) electrons. The number of rotatable bonds is 4. The van der Waals surface area contributed by atoms with Gasteiger partial charge in [0.25, 0.3) is 0 Å². The van der Waals surface area contributed by atoms with E-state index >= 15 is 0 Å². The van der Waals surface area contributed by atoms with Crippen molar-refractivity contribution in [3.05, 3.63) is 0 Å². The maximum atomic E-state index is 5.89. The second-order valence-electron chi connectivity index (χ2n) is 5.44. The van der Waals surface area contributed by atoms with Gasteiger partial charge in [-0.1, -0.05) is 27.7 Å². The van der Waals surface area contributed by atoms with Crippen molar-refractivity contribution in [1.82, 2.24) is 0 Å². The lowest BCUT2D eigenvalue weighted by molar-refractivity contribution is -0.405. The Hall–Kier alpha value is -0.120. The van der Waals surface area contributed by atoms with Crippen molar-refractivity contribution in [3.8, 4) is 0 Å². The molecule has 4 unspecified atom stereocenters. The second-order valence-corrected chi connectivity index (χ2v) is 5.44. The quantitative estimate of drug-likeness (QED) is 0.719. The fourth-order valence-electron chi connectivity index (χ4n) is 1.93. The van der Waals surface area contributed by atoms with Crippen LogP contribution < -0.4 is 0 Å². The molecular formula is C12H22O3. The molecule has 0 aromatic rings. The van der Waals surface area contributed by atoms with Crippen LogP contribution in [0, 0.1) is 10.8 Å². The van der Waals surface area contributed by atoms with Gasteiger partial charge in [0.05, 0.1) is 13.2 Å². The largest absolute Gasteiger partial charge is 0.351 e. The van der Waals surface area contributed by atoms with E-state index in [9.17, 15) is 0 Å². The van der Waals surface area contributed by atoms with E-state index in [0.717, 1.165) is 26.1 Å². The van der Waals surface area contributed by atoms with Crippen molar-refractivity contribution in [2.45, 2.75) is 53.1 Å². The van der Waals surface area contributed by atoms with E-state index in [1.165, 1.54) is 0 Å². The average molecular weight is 214 g/mol. The van der Waals surface area contributed by atoms with Gasteiger partial charge in [0.15, 0.2) is 12.6 Å². The molecule has 0 amide bonds. The minimum atomic E-state index is -0.0707. The Balaban J connectivity index is 1.88. The highest BCUT2D eigenvalue weighted by atomic mass is 16.8. The molecule has 15 heavy (non-hydrogen) atoms. The Morgan fingerprint density at radius 1 is 1.00 bits per heavy atom. The molecule has 4 atom stereocenters. The first-order valence-electron chi connectivity index (χ1n) is 5.93.